The van der Waals surface area contributed by atoms with E-state index in [9.17, 15) is 24.0 Å². The second kappa shape index (κ2) is 15.1. The summed E-state index contributed by atoms with van der Waals surface area (Å²) in [4.78, 5) is 72.5. The fourth-order valence-corrected chi connectivity index (χ4v) is 11.5. The maximum atomic E-state index is 15.0. The van der Waals surface area contributed by atoms with Crippen LogP contribution in [0.5, 0.6) is 0 Å². The third-order valence-corrected chi connectivity index (χ3v) is 14.9. The predicted molar refractivity (Wildman–Crippen MR) is 202 cm³/mol. The first-order valence-corrected chi connectivity index (χ1v) is 20.8. The molecule has 53 heavy (non-hydrogen) atoms. The Morgan fingerprint density at radius 3 is 2.00 bits per heavy atom. The molecule has 2 spiro atoms. The third kappa shape index (κ3) is 7.61. The van der Waals surface area contributed by atoms with Crippen molar-refractivity contribution in [3.05, 3.63) is 0 Å². The van der Waals surface area contributed by atoms with E-state index in [4.69, 9.17) is 10.5 Å². The Hall–Kier alpha value is -2.73. The quantitative estimate of drug-likeness (QED) is 0.217. The van der Waals surface area contributed by atoms with E-state index >= 15 is 0 Å². The normalized spacial score (nSPS) is 31.5. The van der Waals surface area contributed by atoms with E-state index in [-0.39, 0.29) is 52.4 Å². The lowest BCUT2D eigenvalue weighted by Gasteiger charge is -2.40. The standard InChI is InChI=1S/C41H68N6O6/c1-25-21-46(22-26(2)53-25)23-30(28-15-9-8-10-16-28)44-37(52)45-33(38(3,4)5)36(51)47-24-41(39(6,7)40(41)17-12-18-40)20-31(47)35(50)43-29(32(48)34(42)49)19-27-13-11-14-27/h25-31,33H,8-24H2,1-7H3,(H2,42,49)(H,43,50)(H2,44,45,52)/t25-,26+,29?,30-,31+,33-,41?/m1/s1. The van der Waals surface area contributed by atoms with Gasteiger partial charge in [0.15, 0.2) is 0 Å². The molecule has 0 aromatic carbocycles. The molecule has 12 nitrogen and oxygen atoms in total. The molecule has 6 fully saturated rings. The number of amides is 5. The molecule has 6 aliphatic rings. The maximum Gasteiger partial charge on any atom is 0.315 e. The number of carbonyl (C=O) groups is 5. The van der Waals surface area contributed by atoms with E-state index in [0.717, 1.165) is 83.8 Å². The van der Waals surface area contributed by atoms with Crippen LogP contribution in [0.1, 0.15) is 132 Å². The van der Waals surface area contributed by atoms with Crippen molar-refractivity contribution in [3.63, 3.8) is 0 Å². The van der Waals surface area contributed by atoms with Crippen LogP contribution < -0.4 is 21.7 Å². The zero-order chi connectivity index (χ0) is 38.5. The van der Waals surface area contributed by atoms with Gasteiger partial charge >= 0.3 is 6.03 Å². The summed E-state index contributed by atoms with van der Waals surface area (Å²) >= 11 is 0. The number of hydrogen-bond donors (Lipinski definition) is 4. The summed E-state index contributed by atoms with van der Waals surface area (Å²) < 4.78 is 5.99. The van der Waals surface area contributed by atoms with Crippen molar-refractivity contribution in [2.24, 2.45) is 39.2 Å². The van der Waals surface area contributed by atoms with Crippen LogP contribution in [0.4, 0.5) is 4.79 Å². The molecule has 4 aliphatic carbocycles. The second-order valence-electron chi connectivity index (χ2n) is 19.5. The number of hydrogen-bond acceptors (Lipinski definition) is 7. The Bertz CT molecular complexity index is 1400. The molecule has 0 aromatic heterocycles. The van der Waals surface area contributed by atoms with Crippen LogP contribution in [0.15, 0.2) is 0 Å². The van der Waals surface area contributed by atoms with Crippen LogP contribution in [0.25, 0.3) is 0 Å². The summed E-state index contributed by atoms with van der Waals surface area (Å²) in [6.45, 7) is 17.3. The van der Waals surface area contributed by atoms with Gasteiger partial charge in [-0.1, -0.05) is 79.6 Å². The van der Waals surface area contributed by atoms with E-state index in [1.165, 1.54) is 6.42 Å². The Balaban J connectivity index is 1.22. The van der Waals surface area contributed by atoms with Crippen molar-refractivity contribution >= 4 is 29.5 Å². The Morgan fingerprint density at radius 1 is 0.849 bits per heavy atom. The van der Waals surface area contributed by atoms with E-state index in [1.54, 1.807) is 4.90 Å². The molecule has 2 heterocycles. The minimum Gasteiger partial charge on any atom is -0.373 e. The first-order valence-electron chi connectivity index (χ1n) is 20.8. The molecule has 6 rings (SSSR count). The van der Waals surface area contributed by atoms with E-state index in [1.807, 2.05) is 20.8 Å². The van der Waals surface area contributed by atoms with Gasteiger partial charge in [-0.25, -0.2) is 4.79 Å². The van der Waals surface area contributed by atoms with Crippen molar-refractivity contribution < 1.29 is 28.7 Å². The van der Waals surface area contributed by atoms with Gasteiger partial charge in [-0.3, -0.25) is 24.1 Å². The van der Waals surface area contributed by atoms with Gasteiger partial charge in [0.05, 0.1) is 18.2 Å². The van der Waals surface area contributed by atoms with Gasteiger partial charge in [-0.15, -0.1) is 0 Å². The van der Waals surface area contributed by atoms with Crippen molar-refractivity contribution in [2.45, 2.75) is 168 Å². The van der Waals surface area contributed by atoms with Crippen LogP contribution in [-0.4, -0.2) is 102 Å². The number of primary amides is 1. The molecular formula is C41H68N6O6. The van der Waals surface area contributed by atoms with Crippen molar-refractivity contribution in [1.82, 2.24) is 25.8 Å². The number of nitrogens with two attached hydrogens (primary N) is 1. The van der Waals surface area contributed by atoms with Gasteiger partial charge in [-0.05, 0) is 80.5 Å². The van der Waals surface area contributed by atoms with Crippen molar-refractivity contribution in [1.29, 1.82) is 0 Å². The van der Waals surface area contributed by atoms with Crippen LogP contribution >= 0.6 is 0 Å². The highest BCUT2D eigenvalue weighted by molar-refractivity contribution is 6.37. The molecule has 0 aromatic rings. The smallest absolute Gasteiger partial charge is 0.315 e. The maximum absolute atomic E-state index is 15.0. The van der Waals surface area contributed by atoms with Crippen LogP contribution in [0.3, 0.4) is 0 Å². The molecule has 0 radical (unpaired) electrons. The lowest BCUT2D eigenvalue weighted by atomic mass is 9.73. The molecule has 4 saturated carbocycles. The van der Waals surface area contributed by atoms with Gasteiger partial charge < -0.3 is 31.3 Å². The van der Waals surface area contributed by atoms with Gasteiger partial charge in [0, 0.05) is 37.6 Å². The average Bonchev–Trinajstić information content (AvgIpc) is 3.25. The SMILES string of the molecule is C[C@@H]1CN(C[C@@H](NC(=O)N[C@H](C(=O)N2CC3(C[C@H]2C(=O)NC(CC2CCC2)C(=O)C(N)=O)C(C)(C)C32CCC2)C(C)(C)C)C2CCCCC2)C[C@H](C)O1. The van der Waals surface area contributed by atoms with Gasteiger partial charge in [0.25, 0.3) is 5.91 Å². The number of ether oxygens (including phenoxy) is 1. The summed E-state index contributed by atoms with van der Waals surface area (Å²) in [5.41, 5.74) is 4.54. The van der Waals surface area contributed by atoms with Crippen LogP contribution in [0.2, 0.25) is 0 Å². The zero-order valence-electron chi connectivity index (χ0n) is 33.6. The summed E-state index contributed by atoms with van der Waals surface area (Å²) in [6.07, 6.45) is 12.9. The second-order valence-corrected chi connectivity index (χ2v) is 19.5. The summed E-state index contributed by atoms with van der Waals surface area (Å²) in [7, 11) is 0. The monoisotopic (exact) mass is 741 g/mol. The highest BCUT2D eigenvalue weighted by Gasteiger charge is 2.85. The molecule has 298 valence electrons. The van der Waals surface area contributed by atoms with Gasteiger partial charge in [-0.2, -0.15) is 0 Å². The minimum atomic E-state index is -1.06. The molecule has 7 atom stereocenters. The number of urea groups is 1. The number of likely N-dealkylation sites (tertiary alicyclic amines) is 1. The number of ketones is 1. The third-order valence-electron chi connectivity index (χ3n) is 14.9. The molecule has 5 amide bonds. The van der Waals surface area contributed by atoms with Crippen molar-refractivity contribution in [3.8, 4) is 0 Å². The molecule has 0 bridgehead atoms. The van der Waals surface area contributed by atoms with Crippen molar-refractivity contribution in [2.75, 3.05) is 26.2 Å². The molecule has 5 N–H and O–H groups in total. The first-order chi connectivity index (χ1) is 24.9. The Kier molecular flexibility index (Phi) is 11.4. The molecule has 2 aliphatic heterocycles. The molecule has 12 heteroatoms. The Morgan fingerprint density at radius 2 is 1.49 bits per heavy atom. The number of nitrogens with zero attached hydrogens (tertiary/aromatic N) is 2. The molecule has 2 unspecified atom stereocenters. The largest absolute Gasteiger partial charge is 0.373 e. The Labute approximate surface area is 317 Å². The summed E-state index contributed by atoms with van der Waals surface area (Å²) in [5, 5.41) is 9.36. The highest BCUT2D eigenvalue weighted by Crippen LogP contribution is 2.88. The fourth-order valence-electron chi connectivity index (χ4n) is 11.5. The number of carbonyl (C=O) groups excluding carboxylic acids is 5. The topological polar surface area (TPSA) is 163 Å². The lowest BCUT2D eigenvalue weighted by Crippen LogP contribution is -2.62. The minimum absolute atomic E-state index is 0.0612. The number of fused-ring (bicyclic) bond motifs is 1. The lowest BCUT2D eigenvalue weighted by molar-refractivity contribution is -0.143. The number of morpholine rings is 1. The molecular weight excluding hydrogens is 672 g/mol. The highest BCUT2D eigenvalue weighted by atomic mass is 16.5. The summed E-state index contributed by atoms with van der Waals surface area (Å²) in [6, 6.07) is -3.19. The van der Waals surface area contributed by atoms with Gasteiger partial charge in [0.1, 0.15) is 12.1 Å². The number of Topliss-reactive ketones (excluding diaryl/α,β-unsaturated/α-hetero) is 1. The number of nitrogens with one attached hydrogen (secondary N) is 3. The number of rotatable bonds is 12. The van der Waals surface area contributed by atoms with E-state index in [2.05, 4.69) is 48.5 Å². The average molecular weight is 741 g/mol. The predicted octanol–water partition coefficient (Wildman–Crippen LogP) is 4.29. The van der Waals surface area contributed by atoms with Gasteiger partial charge in [0.2, 0.25) is 17.6 Å². The van der Waals surface area contributed by atoms with Crippen LogP contribution in [0, 0.1) is 33.5 Å². The van der Waals surface area contributed by atoms with E-state index < -0.39 is 41.1 Å². The fraction of sp³-hybridized carbons (Fsp3) is 0.878. The zero-order valence-corrected chi connectivity index (χ0v) is 33.6. The summed E-state index contributed by atoms with van der Waals surface area (Å²) in [5.74, 6) is -1.97. The first kappa shape index (κ1) is 39.9. The molecule has 2 saturated heterocycles. The van der Waals surface area contributed by atoms with E-state index in [0.29, 0.717) is 25.3 Å². The van der Waals surface area contributed by atoms with Crippen LogP contribution in [-0.2, 0) is 23.9 Å².